The first-order valence-corrected chi connectivity index (χ1v) is 8.27. The third-order valence-corrected chi connectivity index (χ3v) is 4.50. The monoisotopic (exact) mass is 347 g/mol. The van der Waals surface area contributed by atoms with Crippen LogP contribution in [0.3, 0.4) is 0 Å². The van der Waals surface area contributed by atoms with Crippen molar-refractivity contribution in [2.45, 2.75) is 51.7 Å². The second kappa shape index (κ2) is 7.55. The fourth-order valence-corrected chi connectivity index (χ4v) is 3.29. The molecule has 0 spiro atoms. The number of aromatic nitrogens is 2. The van der Waals surface area contributed by atoms with E-state index in [1.807, 2.05) is 0 Å². The summed E-state index contributed by atoms with van der Waals surface area (Å²) in [6.07, 6.45) is -0.0384. The Morgan fingerprint density at radius 2 is 2.08 bits per heavy atom. The number of hydrogen-bond donors (Lipinski definition) is 2. The van der Waals surface area contributed by atoms with Crippen LogP contribution in [0.4, 0.5) is 13.2 Å². The number of halogens is 3. The minimum Gasteiger partial charge on any atom is -0.396 e. The lowest BCUT2D eigenvalue weighted by Crippen LogP contribution is -2.33. The molecule has 0 radical (unpaired) electrons. The minimum absolute atomic E-state index is 0.115. The SMILES string of the molecule is CC(C)n1ncc(C(=O)NC[C@H]2CCC[C@@H](CO)C2)c1C(F)(F)F. The Morgan fingerprint density at radius 1 is 1.42 bits per heavy atom. The van der Waals surface area contributed by atoms with Gasteiger partial charge in [-0.3, -0.25) is 9.48 Å². The molecule has 2 N–H and O–H groups in total. The van der Waals surface area contributed by atoms with Gasteiger partial charge in [-0.2, -0.15) is 18.3 Å². The summed E-state index contributed by atoms with van der Waals surface area (Å²) in [6.45, 7) is 3.60. The lowest BCUT2D eigenvalue weighted by atomic mass is 9.82. The predicted octanol–water partition coefficient (Wildman–Crippen LogP) is 3.01. The van der Waals surface area contributed by atoms with Gasteiger partial charge >= 0.3 is 6.18 Å². The molecule has 2 atom stereocenters. The van der Waals surface area contributed by atoms with Crippen LogP contribution in [0.5, 0.6) is 0 Å². The van der Waals surface area contributed by atoms with Crippen molar-refractivity contribution in [1.29, 1.82) is 0 Å². The Morgan fingerprint density at radius 3 is 2.67 bits per heavy atom. The molecule has 1 aliphatic carbocycles. The van der Waals surface area contributed by atoms with E-state index in [4.69, 9.17) is 0 Å². The number of rotatable bonds is 5. The summed E-state index contributed by atoms with van der Waals surface area (Å²) in [7, 11) is 0. The Hall–Kier alpha value is -1.57. The van der Waals surface area contributed by atoms with Crippen molar-refractivity contribution in [2.24, 2.45) is 11.8 Å². The van der Waals surface area contributed by atoms with Gasteiger partial charge in [0, 0.05) is 19.2 Å². The molecule has 1 heterocycles. The molecule has 1 aliphatic rings. The topological polar surface area (TPSA) is 67.2 Å². The smallest absolute Gasteiger partial charge is 0.396 e. The second-order valence-corrected chi connectivity index (χ2v) is 6.73. The maximum absolute atomic E-state index is 13.3. The molecule has 0 bridgehead atoms. The van der Waals surface area contributed by atoms with Crippen LogP contribution in [0.2, 0.25) is 0 Å². The van der Waals surface area contributed by atoms with E-state index in [9.17, 15) is 23.1 Å². The number of aliphatic hydroxyl groups excluding tert-OH is 1. The van der Waals surface area contributed by atoms with Crippen LogP contribution in [-0.4, -0.2) is 33.9 Å². The molecule has 1 fully saturated rings. The average Bonchev–Trinajstić information content (AvgIpc) is 2.98. The van der Waals surface area contributed by atoms with Crippen molar-refractivity contribution in [3.8, 4) is 0 Å². The van der Waals surface area contributed by atoms with Crippen molar-refractivity contribution < 1.29 is 23.1 Å². The van der Waals surface area contributed by atoms with Crippen molar-refractivity contribution in [2.75, 3.05) is 13.2 Å². The van der Waals surface area contributed by atoms with E-state index in [1.165, 1.54) is 0 Å². The van der Waals surface area contributed by atoms with Crippen molar-refractivity contribution in [3.63, 3.8) is 0 Å². The molecule has 0 aromatic carbocycles. The van der Waals surface area contributed by atoms with Crippen LogP contribution >= 0.6 is 0 Å². The van der Waals surface area contributed by atoms with E-state index in [1.54, 1.807) is 13.8 Å². The summed E-state index contributed by atoms with van der Waals surface area (Å²) in [6, 6.07) is -0.494. The predicted molar refractivity (Wildman–Crippen MR) is 82.5 cm³/mol. The first kappa shape index (κ1) is 18.8. The van der Waals surface area contributed by atoms with Gasteiger partial charge in [0.05, 0.1) is 11.8 Å². The molecule has 1 saturated carbocycles. The molecule has 8 heteroatoms. The van der Waals surface area contributed by atoms with E-state index in [0.29, 0.717) is 6.54 Å². The van der Waals surface area contributed by atoms with Crippen LogP contribution in [0.1, 0.15) is 61.6 Å². The summed E-state index contributed by atoms with van der Waals surface area (Å²) in [5.41, 5.74) is -1.45. The van der Waals surface area contributed by atoms with Crippen LogP contribution in [0.15, 0.2) is 6.20 Å². The van der Waals surface area contributed by atoms with E-state index < -0.39 is 29.4 Å². The van der Waals surface area contributed by atoms with E-state index >= 15 is 0 Å². The first-order valence-electron chi connectivity index (χ1n) is 8.27. The Labute approximate surface area is 139 Å². The van der Waals surface area contributed by atoms with Gasteiger partial charge in [0.25, 0.3) is 5.91 Å². The number of nitrogens with one attached hydrogen (secondary N) is 1. The highest BCUT2D eigenvalue weighted by molar-refractivity contribution is 5.95. The largest absolute Gasteiger partial charge is 0.433 e. The highest BCUT2D eigenvalue weighted by Gasteiger charge is 2.40. The van der Waals surface area contributed by atoms with Gasteiger partial charge in [0.1, 0.15) is 0 Å². The standard InChI is InChI=1S/C16H24F3N3O2/c1-10(2)22-14(16(17,18)19)13(8-21-22)15(24)20-7-11-4-3-5-12(6-11)9-23/h8,10-12,23H,3-7,9H2,1-2H3,(H,20,24)/t11-,12+/m0/s1. The highest BCUT2D eigenvalue weighted by Crippen LogP contribution is 2.34. The lowest BCUT2D eigenvalue weighted by Gasteiger charge is -2.28. The van der Waals surface area contributed by atoms with Gasteiger partial charge in [0.15, 0.2) is 5.69 Å². The molecular weight excluding hydrogens is 323 g/mol. The van der Waals surface area contributed by atoms with Crippen molar-refractivity contribution in [1.82, 2.24) is 15.1 Å². The number of amides is 1. The zero-order valence-corrected chi connectivity index (χ0v) is 13.9. The van der Waals surface area contributed by atoms with Gasteiger partial charge in [-0.25, -0.2) is 0 Å². The third kappa shape index (κ3) is 4.28. The molecule has 136 valence electrons. The molecule has 1 aromatic rings. The Bertz CT molecular complexity index is 569. The fraction of sp³-hybridized carbons (Fsp3) is 0.750. The molecule has 0 unspecified atom stereocenters. The second-order valence-electron chi connectivity index (χ2n) is 6.73. The lowest BCUT2D eigenvalue weighted by molar-refractivity contribution is -0.145. The van der Waals surface area contributed by atoms with Crippen molar-refractivity contribution >= 4 is 5.91 Å². The molecule has 1 aromatic heterocycles. The molecule has 0 aliphatic heterocycles. The fourth-order valence-electron chi connectivity index (χ4n) is 3.29. The van der Waals surface area contributed by atoms with E-state index in [0.717, 1.165) is 36.6 Å². The summed E-state index contributed by atoms with van der Waals surface area (Å²) < 4.78 is 40.7. The Kier molecular flexibility index (Phi) is 5.90. The summed E-state index contributed by atoms with van der Waals surface area (Å²) in [5, 5.41) is 15.6. The number of hydrogen-bond acceptors (Lipinski definition) is 3. The van der Waals surface area contributed by atoms with Crippen LogP contribution in [-0.2, 0) is 6.18 Å². The molecule has 1 amide bonds. The van der Waals surface area contributed by atoms with Gasteiger partial charge in [-0.05, 0) is 44.9 Å². The maximum atomic E-state index is 13.3. The summed E-state index contributed by atoms with van der Waals surface area (Å²) >= 11 is 0. The first-order chi connectivity index (χ1) is 11.2. The van der Waals surface area contributed by atoms with Crippen molar-refractivity contribution in [3.05, 3.63) is 17.5 Å². The highest BCUT2D eigenvalue weighted by atomic mass is 19.4. The minimum atomic E-state index is -4.64. The quantitative estimate of drug-likeness (QED) is 0.860. The van der Waals surface area contributed by atoms with Crippen LogP contribution in [0.25, 0.3) is 0 Å². The van der Waals surface area contributed by atoms with Gasteiger partial charge in [-0.15, -0.1) is 0 Å². The summed E-state index contributed by atoms with van der Waals surface area (Å²) in [5.74, 6) is -0.343. The average molecular weight is 347 g/mol. The number of alkyl halides is 3. The zero-order valence-electron chi connectivity index (χ0n) is 13.9. The van der Waals surface area contributed by atoms with Gasteiger partial charge < -0.3 is 10.4 Å². The third-order valence-electron chi connectivity index (χ3n) is 4.50. The summed E-state index contributed by atoms with van der Waals surface area (Å²) in [4.78, 5) is 12.2. The van der Waals surface area contributed by atoms with Gasteiger partial charge in [0.2, 0.25) is 0 Å². The van der Waals surface area contributed by atoms with E-state index in [2.05, 4.69) is 10.4 Å². The molecule has 2 rings (SSSR count). The Balaban J connectivity index is 2.07. The number of nitrogens with zero attached hydrogens (tertiary/aromatic N) is 2. The van der Waals surface area contributed by atoms with Crippen LogP contribution < -0.4 is 5.32 Å². The van der Waals surface area contributed by atoms with E-state index in [-0.39, 0.29) is 18.4 Å². The van der Waals surface area contributed by atoms with Gasteiger partial charge in [-0.1, -0.05) is 6.42 Å². The maximum Gasteiger partial charge on any atom is 0.433 e. The van der Waals surface area contributed by atoms with Crippen LogP contribution in [0, 0.1) is 11.8 Å². The number of aliphatic hydroxyl groups is 1. The number of carbonyl (C=O) groups excluding carboxylic acids is 1. The molecule has 5 nitrogen and oxygen atoms in total. The molecular formula is C16H24F3N3O2. The zero-order chi connectivity index (χ0) is 17.9. The normalized spacial score (nSPS) is 22.0. The number of carbonyl (C=O) groups is 1. The molecule has 24 heavy (non-hydrogen) atoms. The molecule has 0 saturated heterocycles.